The molecule has 0 heterocycles. The summed E-state index contributed by atoms with van der Waals surface area (Å²) < 4.78 is 23.5. The number of carbonyl (C=O) groups excluding carboxylic acids is 1. The molecule has 0 aromatic heterocycles. The van der Waals surface area contributed by atoms with Crippen LogP contribution in [0.4, 0.5) is 4.39 Å². The Labute approximate surface area is 106 Å². The number of hydrogen-bond acceptors (Lipinski definition) is 4. The van der Waals surface area contributed by atoms with E-state index in [2.05, 4.69) is 0 Å². The van der Waals surface area contributed by atoms with Crippen molar-refractivity contribution in [3.05, 3.63) is 30.1 Å². The summed E-state index contributed by atoms with van der Waals surface area (Å²) in [6.07, 6.45) is -0.860. The summed E-state index contributed by atoms with van der Waals surface area (Å²) in [5.41, 5.74) is 5.39. The predicted octanol–water partition coefficient (Wildman–Crippen LogP) is 1.87. The Balaban J connectivity index is 2.54. The largest absolute Gasteiger partial charge is 0.487 e. The Morgan fingerprint density at radius 3 is 2.50 bits per heavy atom. The zero-order valence-electron chi connectivity index (χ0n) is 10.7. The molecule has 0 bridgehead atoms. The Bertz CT molecular complexity index is 409. The van der Waals surface area contributed by atoms with Crippen molar-refractivity contribution < 1.29 is 18.7 Å². The van der Waals surface area contributed by atoms with E-state index in [4.69, 9.17) is 15.2 Å². The van der Waals surface area contributed by atoms with E-state index in [-0.39, 0.29) is 5.82 Å². The van der Waals surface area contributed by atoms with Gasteiger partial charge in [-0.1, -0.05) is 6.07 Å². The molecule has 2 N–H and O–H groups in total. The summed E-state index contributed by atoms with van der Waals surface area (Å²) in [7, 11) is 0. The third kappa shape index (κ3) is 4.33. The molecule has 0 saturated carbocycles. The maximum Gasteiger partial charge on any atom is 0.323 e. The highest BCUT2D eigenvalue weighted by Gasteiger charge is 2.20. The molecule has 0 fully saturated rings. The second kappa shape index (κ2) is 6.35. The Hall–Kier alpha value is -1.62. The Kier molecular flexibility index (Phi) is 5.09. The second-order valence-electron chi connectivity index (χ2n) is 4.21. The first-order valence-corrected chi connectivity index (χ1v) is 5.78. The van der Waals surface area contributed by atoms with Gasteiger partial charge < -0.3 is 15.2 Å². The molecule has 1 aromatic carbocycles. The van der Waals surface area contributed by atoms with Crippen LogP contribution in [-0.4, -0.2) is 24.2 Å². The van der Waals surface area contributed by atoms with Crippen LogP contribution < -0.4 is 10.5 Å². The van der Waals surface area contributed by atoms with Crippen molar-refractivity contribution in [3.63, 3.8) is 0 Å². The molecule has 0 spiro atoms. The van der Waals surface area contributed by atoms with Crippen molar-refractivity contribution >= 4 is 5.97 Å². The zero-order chi connectivity index (χ0) is 13.7. The summed E-state index contributed by atoms with van der Waals surface area (Å²) >= 11 is 0. The molecular weight excluding hydrogens is 237 g/mol. The zero-order valence-corrected chi connectivity index (χ0v) is 10.7. The molecule has 0 aliphatic heterocycles. The van der Waals surface area contributed by atoms with Crippen LogP contribution in [0, 0.1) is 5.82 Å². The first-order valence-electron chi connectivity index (χ1n) is 5.78. The normalized spacial score (nSPS) is 15.6. The highest BCUT2D eigenvalue weighted by atomic mass is 19.1. The molecule has 0 aliphatic carbocycles. The van der Waals surface area contributed by atoms with Crippen molar-refractivity contribution in [2.24, 2.45) is 5.73 Å². The van der Waals surface area contributed by atoms with E-state index in [1.807, 2.05) is 0 Å². The Morgan fingerprint density at radius 2 is 1.94 bits per heavy atom. The maximum absolute atomic E-state index is 13.0. The molecule has 0 radical (unpaired) electrons. The number of rotatable bonds is 5. The highest BCUT2D eigenvalue weighted by molar-refractivity contribution is 5.75. The molecule has 4 nitrogen and oxygen atoms in total. The van der Waals surface area contributed by atoms with Crippen LogP contribution in [0.3, 0.4) is 0 Å². The number of halogens is 1. The van der Waals surface area contributed by atoms with E-state index >= 15 is 0 Å². The molecule has 0 unspecified atom stereocenters. The monoisotopic (exact) mass is 255 g/mol. The molecule has 1 rings (SSSR count). The van der Waals surface area contributed by atoms with Crippen molar-refractivity contribution in [2.75, 3.05) is 0 Å². The third-order valence-electron chi connectivity index (χ3n) is 2.45. The first-order chi connectivity index (χ1) is 8.40. The molecular formula is C13H18FNO3. The van der Waals surface area contributed by atoms with Gasteiger partial charge in [0.15, 0.2) is 0 Å². The van der Waals surface area contributed by atoms with Crippen molar-refractivity contribution in [3.8, 4) is 5.75 Å². The minimum absolute atomic E-state index is 0.375. The van der Waals surface area contributed by atoms with Crippen LogP contribution in [-0.2, 0) is 9.53 Å². The van der Waals surface area contributed by atoms with Gasteiger partial charge in [-0.3, -0.25) is 4.79 Å². The molecule has 100 valence electrons. The fraction of sp³-hybridized carbons (Fsp3) is 0.462. The van der Waals surface area contributed by atoms with Gasteiger partial charge >= 0.3 is 5.97 Å². The van der Waals surface area contributed by atoms with Gasteiger partial charge in [-0.05, 0) is 32.9 Å². The van der Waals surface area contributed by atoms with E-state index in [9.17, 15) is 9.18 Å². The lowest BCUT2D eigenvalue weighted by molar-refractivity contribution is -0.153. The smallest absolute Gasteiger partial charge is 0.323 e. The maximum atomic E-state index is 13.0. The van der Waals surface area contributed by atoms with Crippen molar-refractivity contribution in [1.29, 1.82) is 0 Å². The van der Waals surface area contributed by atoms with Gasteiger partial charge in [-0.15, -0.1) is 0 Å². The van der Waals surface area contributed by atoms with Crippen LogP contribution >= 0.6 is 0 Å². The number of ether oxygens (including phenoxy) is 2. The molecule has 0 aliphatic rings. The van der Waals surface area contributed by atoms with Crippen LogP contribution in [0.25, 0.3) is 0 Å². The van der Waals surface area contributed by atoms with Gasteiger partial charge in [0.25, 0.3) is 0 Å². The minimum atomic E-state index is -0.672. The van der Waals surface area contributed by atoms with Crippen LogP contribution in [0.15, 0.2) is 24.3 Å². The van der Waals surface area contributed by atoms with Gasteiger partial charge in [0.1, 0.15) is 29.8 Å². The lowest BCUT2D eigenvalue weighted by Crippen LogP contribution is -2.37. The standard InChI is InChI=1S/C13H18FNO3/c1-8(15)13(16)18-10(3)9(2)17-12-6-4-5-11(14)7-12/h4-10H,15H2,1-3H3/t8-,9+,10-/m0/s1. The van der Waals surface area contributed by atoms with Gasteiger partial charge in [0, 0.05) is 6.07 Å². The van der Waals surface area contributed by atoms with E-state index in [1.54, 1.807) is 32.9 Å². The quantitative estimate of drug-likeness (QED) is 0.816. The molecule has 0 saturated heterocycles. The topological polar surface area (TPSA) is 61.6 Å². The molecule has 3 atom stereocenters. The van der Waals surface area contributed by atoms with Crippen molar-refractivity contribution in [2.45, 2.75) is 39.0 Å². The summed E-state index contributed by atoms with van der Waals surface area (Å²) in [5.74, 6) is -0.469. The summed E-state index contributed by atoms with van der Waals surface area (Å²) in [6, 6.07) is 5.12. The highest BCUT2D eigenvalue weighted by Crippen LogP contribution is 2.16. The van der Waals surface area contributed by atoms with Gasteiger partial charge in [0.05, 0.1) is 0 Å². The first kappa shape index (κ1) is 14.4. The predicted molar refractivity (Wildman–Crippen MR) is 65.7 cm³/mol. The summed E-state index contributed by atoms with van der Waals surface area (Å²) in [4.78, 5) is 11.3. The van der Waals surface area contributed by atoms with Gasteiger partial charge in [0.2, 0.25) is 0 Å². The van der Waals surface area contributed by atoms with E-state index in [1.165, 1.54) is 12.1 Å². The third-order valence-corrected chi connectivity index (χ3v) is 2.45. The average molecular weight is 255 g/mol. The lowest BCUT2D eigenvalue weighted by atomic mass is 10.2. The number of benzene rings is 1. The fourth-order valence-corrected chi connectivity index (χ4v) is 1.24. The van der Waals surface area contributed by atoms with Crippen LogP contribution in [0.1, 0.15) is 20.8 Å². The SMILES string of the molecule is C[C@H](N)C(=O)O[C@@H](C)[C@@H](C)Oc1cccc(F)c1. The second-order valence-corrected chi connectivity index (χ2v) is 4.21. The lowest BCUT2D eigenvalue weighted by Gasteiger charge is -2.22. The summed E-state index contributed by atoms with van der Waals surface area (Å²) in [5, 5.41) is 0. The number of carbonyl (C=O) groups is 1. The van der Waals surface area contributed by atoms with E-state index in [0.717, 1.165) is 0 Å². The average Bonchev–Trinajstić information content (AvgIpc) is 2.28. The van der Waals surface area contributed by atoms with Crippen molar-refractivity contribution in [1.82, 2.24) is 0 Å². The molecule has 0 amide bonds. The van der Waals surface area contributed by atoms with Gasteiger partial charge in [-0.25, -0.2) is 4.39 Å². The minimum Gasteiger partial charge on any atom is -0.487 e. The van der Waals surface area contributed by atoms with E-state index < -0.39 is 24.2 Å². The molecule has 1 aromatic rings. The van der Waals surface area contributed by atoms with Crippen LogP contribution in [0.5, 0.6) is 5.75 Å². The summed E-state index contributed by atoms with van der Waals surface area (Å²) in [6.45, 7) is 4.99. The van der Waals surface area contributed by atoms with Gasteiger partial charge in [-0.2, -0.15) is 0 Å². The number of hydrogen-bond donors (Lipinski definition) is 1. The van der Waals surface area contributed by atoms with E-state index in [0.29, 0.717) is 5.75 Å². The Morgan fingerprint density at radius 1 is 1.28 bits per heavy atom. The number of nitrogens with two attached hydrogens (primary N) is 1. The molecule has 5 heteroatoms. The number of esters is 1. The van der Waals surface area contributed by atoms with Crippen LogP contribution in [0.2, 0.25) is 0 Å². The fourth-order valence-electron chi connectivity index (χ4n) is 1.24. The molecule has 18 heavy (non-hydrogen) atoms.